The summed E-state index contributed by atoms with van der Waals surface area (Å²) in [6.45, 7) is 0. The maximum atomic E-state index is 6.19. The SMILES string of the molecule is Clc1nc(C2=CC=CCC2)nc(-c2ccc3oc4ccccc4c3c2)n1. The molecule has 126 valence electrons. The number of allylic oxidation sites excluding steroid dienone is 4. The van der Waals surface area contributed by atoms with E-state index in [2.05, 4.69) is 27.1 Å². The second-order valence-electron chi connectivity index (χ2n) is 6.22. The summed E-state index contributed by atoms with van der Waals surface area (Å²) in [5.74, 6) is 1.21. The van der Waals surface area contributed by atoms with Crippen molar-refractivity contribution in [2.75, 3.05) is 0 Å². The van der Waals surface area contributed by atoms with Crippen LogP contribution >= 0.6 is 11.6 Å². The molecule has 0 bridgehead atoms. The Bertz CT molecular complexity index is 1210. The molecule has 5 rings (SSSR count). The van der Waals surface area contributed by atoms with Gasteiger partial charge >= 0.3 is 0 Å². The molecule has 1 aliphatic rings. The van der Waals surface area contributed by atoms with Gasteiger partial charge in [0, 0.05) is 16.3 Å². The van der Waals surface area contributed by atoms with Crippen LogP contribution < -0.4 is 0 Å². The minimum atomic E-state index is 0.206. The van der Waals surface area contributed by atoms with Crippen molar-refractivity contribution in [3.8, 4) is 11.4 Å². The zero-order valence-electron chi connectivity index (χ0n) is 13.8. The first-order valence-electron chi connectivity index (χ1n) is 8.47. The molecule has 0 unspecified atom stereocenters. The monoisotopic (exact) mass is 359 g/mol. The summed E-state index contributed by atoms with van der Waals surface area (Å²) in [5, 5.41) is 2.32. The maximum Gasteiger partial charge on any atom is 0.226 e. The molecule has 0 aliphatic heterocycles. The van der Waals surface area contributed by atoms with Crippen LogP contribution in [-0.4, -0.2) is 15.0 Å². The average Bonchev–Trinajstić information content (AvgIpc) is 3.06. The molecule has 0 atom stereocenters. The van der Waals surface area contributed by atoms with E-state index in [4.69, 9.17) is 16.0 Å². The van der Waals surface area contributed by atoms with Crippen LogP contribution in [0.2, 0.25) is 5.28 Å². The van der Waals surface area contributed by atoms with E-state index in [0.717, 1.165) is 45.9 Å². The molecule has 0 N–H and O–H groups in total. The Morgan fingerprint density at radius 2 is 1.73 bits per heavy atom. The van der Waals surface area contributed by atoms with E-state index in [9.17, 15) is 0 Å². The highest BCUT2D eigenvalue weighted by molar-refractivity contribution is 6.28. The summed E-state index contributed by atoms with van der Waals surface area (Å²) >= 11 is 6.19. The Balaban J connectivity index is 1.67. The predicted octanol–water partition coefficient (Wildman–Crippen LogP) is 5.82. The number of rotatable bonds is 2. The van der Waals surface area contributed by atoms with Gasteiger partial charge in [0.15, 0.2) is 11.6 Å². The Morgan fingerprint density at radius 1 is 0.885 bits per heavy atom. The van der Waals surface area contributed by atoms with Crippen LogP contribution in [0.5, 0.6) is 0 Å². The highest BCUT2D eigenvalue weighted by Crippen LogP contribution is 2.32. The topological polar surface area (TPSA) is 51.8 Å². The van der Waals surface area contributed by atoms with Crippen LogP contribution in [0.3, 0.4) is 0 Å². The second kappa shape index (κ2) is 6.07. The van der Waals surface area contributed by atoms with E-state index in [1.165, 1.54) is 0 Å². The van der Waals surface area contributed by atoms with E-state index in [0.29, 0.717) is 11.6 Å². The number of hydrogen-bond donors (Lipinski definition) is 0. The van der Waals surface area contributed by atoms with Gasteiger partial charge in [0.25, 0.3) is 0 Å². The summed E-state index contributed by atoms with van der Waals surface area (Å²) < 4.78 is 5.89. The third-order valence-electron chi connectivity index (χ3n) is 4.54. The third kappa shape index (κ3) is 2.59. The van der Waals surface area contributed by atoms with E-state index >= 15 is 0 Å². The summed E-state index contributed by atoms with van der Waals surface area (Å²) in [6.07, 6.45) is 8.08. The molecule has 2 aromatic carbocycles. The number of hydrogen-bond acceptors (Lipinski definition) is 4. The lowest BCUT2D eigenvalue weighted by Crippen LogP contribution is -2.01. The number of furan rings is 1. The number of benzene rings is 2. The van der Waals surface area contributed by atoms with Gasteiger partial charge in [-0.25, -0.2) is 4.98 Å². The van der Waals surface area contributed by atoms with E-state index in [1.54, 1.807) is 0 Å². The van der Waals surface area contributed by atoms with Crippen LogP contribution in [-0.2, 0) is 0 Å². The second-order valence-corrected chi connectivity index (χ2v) is 6.56. The highest BCUT2D eigenvalue weighted by atomic mass is 35.5. The molecule has 0 fully saturated rings. The lowest BCUT2D eigenvalue weighted by Gasteiger charge is -2.09. The molecule has 26 heavy (non-hydrogen) atoms. The smallest absolute Gasteiger partial charge is 0.226 e. The van der Waals surface area contributed by atoms with Gasteiger partial charge in [-0.15, -0.1) is 0 Å². The summed E-state index contributed by atoms with van der Waals surface area (Å²) in [7, 11) is 0. The van der Waals surface area contributed by atoms with Crippen molar-refractivity contribution in [1.82, 2.24) is 15.0 Å². The molecule has 0 spiro atoms. The Morgan fingerprint density at radius 3 is 2.62 bits per heavy atom. The van der Waals surface area contributed by atoms with Crippen molar-refractivity contribution in [2.45, 2.75) is 12.8 Å². The molecule has 0 saturated carbocycles. The van der Waals surface area contributed by atoms with Crippen LogP contribution in [0.1, 0.15) is 18.7 Å². The molecule has 1 aliphatic carbocycles. The normalized spacial score (nSPS) is 14.1. The lowest BCUT2D eigenvalue weighted by atomic mass is 10.0. The van der Waals surface area contributed by atoms with E-state index in [-0.39, 0.29) is 5.28 Å². The molecule has 2 aromatic heterocycles. The average molecular weight is 360 g/mol. The molecule has 4 aromatic rings. The lowest BCUT2D eigenvalue weighted by molar-refractivity contribution is 0.669. The van der Waals surface area contributed by atoms with Gasteiger partial charge in [-0.2, -0.15) is 9.97 Å². The molecular formula is C21H14ClN3O. The number of aromatic nitrogens is 3. The fourth-order valence-electron chi connectivity index (χ4n) is 3.28. The zero-order chi connectivity index (χ0) is 17.5. The van der Waals surface area contributed by atoms with Crippen molar-refractivity contribution in [2.24, 2.45) is 0 Å². The largest absolute Gasteiger partial charge is 0.456 e. The number of nitrogens with zero attached hydrogens (tertiary/aromatic N) is 3. The van der Waals surface area contributed by atoms with Gasteiger partial charge < -0.3 is 4.42 Å². The van der Waals surface area contributed by atoms with Gasteiger partial charge in [0.05, 0.1) is 0 Å². The van der Waals surface area contributed by atoms with Crippen molar-refractivity contribution >= 4 is 39.1 Å². The van der Waals surface area contributed by atoms with Crippen molar-refractivity contribution in [3.63, 3.8) is 0 Å². The minimum absolute atomic E-state index is 0.206. The van der Waals surface area contributed by atoms with Gasteiger partial charge in [-0.3, -0.25) is 0 Å². The van der Waals surface area contributed by atoms with Crippen molar-refractivity contribution in [3.05, 3.63) is 71.8 Å². The number of halogens is 1. The summed E-state index contributed by atoms with van der Waals surface area (Å²) in [4.78, 5) is 13.3. The van der Waals surface area contributed by atoms with Crippen LogP contribution in [0.4, 0.5) is 0 Å². The summed E-state index contributed by atoms with van der Waals surface area (Å²) in [6, 6.07) is 13.9. The van der Waals surface area contributed by atoms with Crippen LogP contribution in [0.25, 0.3) is 38.9 Å². The molecule has 2 heterocycles. The van der Waals surface area contributed by atoms with E-state index in [1.807, 2.05) is 48.6 Å². The van der Waals surface area contributed by atoms with E-state index < -0.39 is 0 Å². The zero-order valence-corrected chi connectivity index (χ0v) is 14.6. The first-order valence-corrected chi connectivity index (χ1v) is 8.85. The third-order valence-corrected chi connectivity index (χ3v) is 4.71. The fraction of sp³-hybridized carbons (Fsp3) is 0.0952. The first kappa shape index (κ1) is 15.3. The molecule has 4 nitrogen and oxygen atoms in total. The predicted molar refractivity (Wildman–Crippen MR) is 104 cm³/mol. The number of para-hydroxylation sites is 1. The summed E-state index contributed by atoms with van der Waals surface area (Å²) in [5.41, 5.74) is 3.68. The molecule has 0 amide bonds. The van der Waals surface area contributed by atoms with Crippen LogP contribution in [0, 0.1) is 0 Å². The molecule has 0 radical (unpaired) electrons. The van der Waals surface area contributed by atoms with Gasteiger partial charge in [0.1, 0.15) is 11.2 Å². The van der Waals surface area contributed by atoms with Crippen LogP contribution in [0.15, 0.2) is 65.1 Å². The van der Waals surface area contributed by atoms with Gasteiger partial charge in [0.2, 0.25) is 5.28 Å². The first-order chi connectivity index (χ1) is 12.8. The minimum Gasteiger partial charge on any atom is -0.456 e. The fourth-order valence-corrected chi connectivity index (χ4v) is 3.44. The molecule has 5 heteroatoms. The molecule has 0 saturated heterocycles. The maximum absolute atomic E-state index is 6.19. The number of fused-ring (bicyclic) bond motifs is 3. The Kier molecular flexibility index (Phi) is 3.57. The Labute approximate surface area is 154 Å². The van der Waals surface area contributed by atoms with Gasteiger partial charge in [-0.05, 0) is 54.3 Å². The highest BCUT2D eigenvalue weighted by Gasteiger charge is 2.14. The molecular weight excluding hydrogens is 346 g/mol. The Hall–Kier alpha value is -2.98. The van der Waals surface area contributed by atoms with Gasteiger partial charge in [-0.1, -0.05) is 36.4 Å². The van der Waals surface area contributed by atoms with Crippen molar-refractivity contribution in [1.29, 1.82) is 0 Å². The van der Waals surface area contributed by atoms with Crippen molar-refractivity contribution < 1.29 is 4.42 Å². The quantitative estimate of drug-likeness (QED) is 0.452. The standard InChI is InChI=1S/C21H14ClN3O/c22-21-24-19(13-6-2-1-3-7-13)23-20(25-21)14-10-11-18-16(12-14)15-8-4-5-9-17(15)26-18/h1-2,4-6,8-12H,3,7H2.